The molecule has 4 atom stereocenters. The van der Waals surface area contributed by atoms with Gasteiger partial charge in [0.2, 0.25) is 0 Å². The summed E-state index contributed by atoms with van der Waals surface area (Å²) in [5, 5.41) is 4.23. The first-order chi connectivity index (χ1) is 9.95. The summed E-state index contributed by atoms with van der Waals surface area (Å²) in [4.78, 5) is 0. The molecule has 1 aromatic heterocycles. The summed E-state index contributed by atoms with van der Waals surface area (Å²) in [6.07, 6.45) is 2.57. The summed E-state index contributed by atoms with van der Waals surface area (Å²) in [6, 6.07) is -0.128. The molecule has 2 heterocycles. The van der Waals surface area contributed by atoms with Gasteiger partial charge in [-0.15, -0.1) is 0 Å². The van der Waals surface area contributed by atoms with E-state index in [2.05, 4.69) is 9.82 Å². The second-order valence-electron chi connectivity index (χ2n) is 5.81. The fourth-order valence-electron chi connectivity index (χ4n) is 3.55. The molecule has 1 aromatic rings. The maximum Gasteiger partial charge on any atom is 0.258 e. The van der Waals surface area contributed by atoms with Crippen LogP contribution in [0.15, 0.2) is 11.2 Å². The third-order valence-electron chi connectivity index (χ3n) is 4.49. The van der Waals surface area contributed by atoms with E-state index in [1.807, 2.05) is 0 Å². The fourth-order valence-corrected chi connectivity index (χ4v) is 5.24. The van der Waals surface area contributed by atoms with Crippen LogP contribution in [0, 0.1) is 18.8 Å². The molecule has 1 aliphatic carbocycles. The van der Waals surface area contributed by atoms with Gasteiger partial charge in [0.15, 0.2) is 5.03 Å². The van der Waals surface area contributed by atoms with E-state index in [-0.39, 0.29) is 29.0 Å². The molecule has 1 saturated carbocycles. The van der Waals surface area contributed by atoms with E-state index >= 15 is 0 Å². The van der Waals surface area contributed by atoms with E-state index in [0.29, 0.717) is 18.8 Å². The highest BCUT2D eigenvalue weighted by Gasteiger charge is 2.55. The van der Waals surface area contributed by atoms with Crippen molar-refractivity contribution in [1.29, 1.82) is 0 Å². The zero-order valence-corrected chi connectivity index (χ0v) is 13.3. The standard InChI is InChI=1S/C13H21N3O4S/c1-8-6-14-16(2)13(8)21(17,18)15-11-9-4-5-20-12(9)10(11)7-19-3/h6,9-12,15H,4-5,7H2,1-3H3/t9-,10+,11-,12-/m1/s1. The summed E-state index contributed by atoms with van der Waals surface area (Å²) in [5.74, 6) is 0.319. The predicted molar refractivity (Wildman–Crippen MR) is 75.3 cm³/mol. The average molecular weight is 315 g/mol. The predicted octanol–water partition coefficient (Wildman–Crippen LogP) is 0.0567. The number of rotatable bonds is 5. The second kappa shape index (κ2) is 5.35. The number of hydrogen-bond acceptors (Lipinski definition) is 5. The normalized spacial score (nSPS) is 32.0. The molecule has 1 N–H and O–H groups in total. The summed E-state index contributed by atoms with van der Waals surface area (Å²) < 4.78 is 40.3. The third-order valence-corrected chi connectivity index (χ3v) is 6.17. The van der Waals surface area contributed by atoms with Gasteiger partial charge in [-0.1, -0.05) is 0 Å². The molecule has 0 aromatic carbocycles. The minimum absolute atomic E-state index is 0.0748. The average Bonchev–Trinajstić information content (AvgIpc) is 2.98. The molecule has 2 fully saturated rings. The Labute approximate surface area is 124 Å². The zero-order valence-electron chi connectivity index (χ0n) is 12.4. The first kappa shape index (κ1) is 15.0. The Hall–Kier alpha value is -0.960. The van der Waals surface area contributed by atoms with Crippen molar-refractivity contribution in [2.24, 2.45) is 18.9 Å². The van der Waals surface area contributed by atoms with Crippen LogP contribution in [-0.2, 0) is 26.5 Å². The van der Waals surface area contributed by atoms with E-state index in [1.165, 1.54) is 4.68 Å². The zero-order chi connectivity index (χ0) is 15.2. The minimum atomic E-state index is -3.59. The van der Waals surface area contributed by atoms with Gasteiger partial charge in [-0.2, -0.15) is 5.10 Å². The minimum Gasteiger partial charge on any atom is -0.384 e. The Bertz CT molecular complexity index is 608. The van der Waals surface area contributed by atoms with Crippen LogP contribution in [0.5, 0.6) is 0 Å². The van der Waals surface area contributed by atoms with Crippen LogP contribution in [0.4, 0.5) is 0 Å². The first-order valence-corrected chi connectivity index (χ1v) is 8.55. The van der Waals surface area contributed by atoms with Crippen molar-refractivity contribution in [3.05, 3.63) is 11.8 Å². The Morgan fingerprint density at radius 2 is 2.33 bits per heavy atom. The largest absolute Gasteiger partial charge is 0.384 e. The smallest absolute Gasteiger partial charge is 0.258 e. The number of methoxy groups -OCH3 is 1. The van der Waals surface area contributed by atoms with Gasteiger partial charge in [-0.3, -0.25) is 4.68 Å². The number of nitrogens with one attached hydrogen (secondary N) is 1. The van der Waals surface area contributed by atoms with Crippen LogP contribution in [0.25, 0.3) is 0 Å². The van der Waals surface area contributed by atoms with Gasteiger partial charge in [0.1, 0.15) is 0 Å². The van der Waals surface area contributed by atoms with Crippen LogP contribution in [0.1, 0.15) is 12.0 Å². The lowest BCUT2D eigenvalue weighted by atomic mass is 9.68. The molecule has 1 aliphatic heterocycles. The van der Waals surface area contributed by atoms with Crippen molar-refractivity contribution >= 4 is 10.0 Å². The van der Waals surface area contributed by atoms with Gasteiger partial charge < -0.3 is 9.47 Å². The quantitative estimate of drug-likeness (QED) is 0.830. The molecule has 0 amide bonds. The number of aromatic nitrogens is 2. The Balaban J connectivity index is 1.82. The van der Waals surface area contributed by atoms with Crippen molar-refractivity contribution < 1.29 is 17.9 Å². The maximum atomic E-state index is 12.6. The van der Waals surface area contributed by atoms with Crippen molar-refractivity contribution in [3.8, 4) is 0 Å². The van der Waals surface area contributed by atoms with Crippen molar-refractivity contribution in [1.82, 2.24) is 14.5 Å². The van der Waals surface area contributed by atoms with Crippen molar-refractivity contribution in [2.75, 3.05) is 20.3 Å². The van der Waals surface area contributed by atoms with Crippen LogP contribution in [0.2, 0.25) is 0 Å². The molecule has 0 radical (unpaired) electrons. The highest BCUT2D eigenvalue weighted by Crippen LogP contribution is 2.44. The number of fused-ring (bicyclic) bond motifs is 1. The SMILES string of the molecule is COC[C@H]1[C@H](NS(=O)(=O)c2c(C)cnn2C)[C@H]2CCO[C@H]21. The van der Waals surface area contributed by atoms with Gasteiger partial charge in [-0.05, 0) is 13.3 Å². The molecule has 0 spiro atoms. The molecule has 7 nitrogen and oxygen atoms in total. The number of ether oxygens (including phenoxy) is 2. The molecule has 1 saturated heterocycles. The molecular formula is C13H21N3O4S. The van der Waals surface area contributed by atoms with Crippen molar-refractivity contribution in [3.63, 3.8) is 0 Å². The summed E-state index contributed by atoms with van der Waals surface area (Å²) in [5.41, 5.74) is 0.645. The molecule has 21 heavy (non-hydrogen) atoms. The van der Waals surface area contributed by atoms with Crippen LogP contribution >= 0.6 is 0 Å². The van der Waals surface area contributed by atoms with Gasteiger partial charge in [0, 0.05) is 44.2 Å². The Morgan fingerprint density at radius 3 is 2.95 bits per heavy atom. The van der Waals surface area contributed by atoms with Crippen LogP contribution in [0.3, 0.4) is 0 Å². The Morgan fingerprint density at radius 1 is 1.57 bits per heavy atom. The summed E-state index contributed by atoms with van der Waals surface area (Å²) in [6.45, 7) is 2.94. The summed E-state index contributed by atoms with van der Waals surface area (Å²) in [7, 11) is -0.329. The Kier molecular flexibility index (Phi) is 3.81. The van der Waals surface area contributed by atoms with E-state index in [4.69, 9.17) is 9.47 Å². The lowest BCUT2D eigenvalue weighted by molar-refractivity contribution is -0.0775. The van der Waals surface area contributed by atoms with Gasteiger partial charge in [-0.25, -0.2) is 13.1 Å². The second-order valence-corrected chi connectivity index (χ2v) is 7.44. The van der Waals surface area contributed by atoms with Gasteiger partial charge >= 0.3 is 0 Å². The monoisotopic (exact) mass is 315 g/mol. The van der Waals surface area contributed by atoms with Crippen LogP contribution < -0.4 is 4.72 Å². The number of nitrogens with zero attached hydrogens (tertiary/aromatic N) is 2. The lowest BCUT2D eigenvalue weighted by Gasteiger charge is -2.47. The third kappa shape index (κ3) is 2.40. The van der Waals surface area contributed by atoms with E-state index in [0.717, 1.165) is 6.42 Å². The first-order valence-electron chi connectivity index (χ1n) is 7.07. The van der Waals surface area contributed by atoms with E-state index < -0.39 is 10.0 Å². The number of hydrogen-bond donors (Lipinski definition) is 1. The molecule has 118 valence electrons. The van der Waals surface area contributed by atoms with Gasteiger partial charge in [0.05, 0.1) is 18.9 Å². The van der Waals surface area contributed by atoms with Crippen LogP contribution in [-0.4, -0.2) is 50.7 Å². The molecule has 0 bridgehead atoms. The maximum absolute atomic E-state index is 12.6. The van der Waals surface area contributed by atoms with Gasteiger partial charge in [0.25, 0.3) is 10.0 Å². The molecule has 2 aliphatic rings. The highest BCUT2D eigenvalue weighted by atomic mass is 32.2. The fraction of sp³-hybridized carbons (Fsp3) is 0.769. The molecule has 8 heteroatoms. The molecular weight excluding hydrogens is 294 g/mol. The molecule has 3 rings (SSSR count). The highest BCUT2D eigenvalue weighted by molar-refractivity contribution is 7.89. The lowest BCUT2D eigenvalue weighted by Crippen LogP contribution is -2.62. The van der Waals surface area contributed by atoms with E-state index in [9.17, 15) is 8.42 Å². The molecule has 0 unspecified atom stereocenters. The topological polar surface area (TPSA) is 82.5 Å². The van der Waals surface area contributed by atoms with Crippen molar-refractivity contribution in [2.45, 2.75) is 30.5 Å². The number of aryl methyl sites for hydroxylation is 2. The summed E-state index contributed by atoms with van der Waals surface area (Å²) >= 11 is 0. The number of sulfonamides is 1. The van der Waals surface area contributed by atoms with E-state index in [1.54, 1.807) is 27.3 Å².